The van der Waals surface area contributed by atoms with Crippen LogP contribution in [0.15, 0.2) is 16.9 Å². The third kappa shape index (κ3) is 3.53. The molecule has 2 aromatic rings. The van der Waals surface area contributed by atoms with E-state index in [-0.39, 0.29) is 0 Å². The van der Waals surface area contributed by atoms with Gasteiger partial charge < -0.3 is 14.6 Å². The zero-order valence-corrected chi connectivity index (χ0v) is 11.9. The molecule has 1 saturated heterocycles. The molecular formula is C13H18N6O2. The van der Waals surface area contributed by atoms with Crippen LogP contribution >= 0.6 is 0 Å². The molecule has 21 heavy (non-hydrogen) atoms. The van der Waals surface area contributed by atoms with E-state index in [1.54, 1.807) is 13.2 Å². The van der Waals surface area contributed by atoms with Gasteiger partial charge in [-0.05, 0) is 19.5 Å². The number of ether oxygens (including phenoxy) is 1. The van der Waals surface area contributed by atoms with Crippen LogP contribution in [0.4, 0.5) is 0 Å². The van der Waals surface area contributed by atoms with E-state index < -0.39 is 0 Å². The molecule has 0 radical (unpaired) electrons. The average molecular weight is 290 g/mol. The largest absolute Gasteiger partial charge is 0.481 e. The predicted octanol–water partition coefficient (Wildman–Crippen LogP) is 0.330. The average Bonchev–Trinajstić information content (AvgIpc) is 2.83. The lowest BCUT2D eigenvalue weighted by atomic mass is 10.3. The van der Waals surface area contributed by atoms with Gasteiger partial charge >= 0.3 is 0 Å². The number of hydrogen-bond donors (Lipinski definition) is 1. The number of nitrogens with zero attached hydrogens (tertiary/aromatic N) is 5. The Morgan fingerprint density at radius 3 is 3.19 bits per heavy atom. The molecule has 1 fully saturated rings. The first-order valence-electron chi connectivity index (χ1n) is 6.97. The van der Waals surface area contributed by atoms with Crippen LogP contribution in [-0.4, -0.2) is 58.3 Å². The molecule has 8 nitrogen and oxygen atoms in total. The van der Waals surface area contributed by atoms with Crippen molar-refractivity contribution in [2.24, 2.45) is 0 Å². The van der Waals surface area contributed by atoms with Gasteiger partial charge in [0.05, 0.1) is 13.7 Å². The fraction of sp³-hybridized carbons (Fsp3) is 0.538. The maximum Gasteiger partial charge on any atom is 0.241 e. The van der Waals surface area contributed by atoms with E-state index in [4.69, 9.17) is 9.26 Å². The second-order valence-electron chi connectivity index (χ2n) is 4.84. The van der Waals surface area contributed by atoms with Crippen molar-refractivity contribution in [3.63, 3.8) is 0 Å². The van der Waals surface area contributed by atoms with E-state index in [1.165, 1.54) is 6.33 Å². The van der Waals surface area contributed by atoms with Gasteiger partial charge in [0.2, 0.25) is 17.6 Å². The summed E-state index contributed by atoms with van der Waals surface area (Å²) in [5.41, 5.74) is 0.592. The second kappa shape index (κ2) is 6.59. The molecule has 0 amide bonds. The van der Waals surface area contributed by atoms with Crippen LogP contribution in [0.2, 0.25) is 0 Å². The van der Waals surface area contributed by atoms with Crippen molar-refractivity contribution in [1.82, 2.24) is 30.3 Å². The number of aromatic nitrogens is 4. The van der Waals surface area contributed by atoms with Crippen LogP contribution in [0.25, 0.3) is 11.5 Å². The van der Waals surface area contributed by atoms with Crippen LogP contribution < -0.4 is 10.1 Å². The first-order chi connectivity index (χ1) is 10.3. The van der Waals surface area contributed by atoms with E-state index in [1.807, 2.05) is 0 Å². The highest BCUT2D eigenvalue weighted by molar-refractivity contribution is 5.49. The molecule has 1 aliphatic rings. The van der Waals surface area contributed by atoms with Crippen LogP contribution in [-0.2, 0) is 6.54 Å². The van der Waals surface area contributed by atoms with Gasteiger partial charge in [-0.2, -0.15) is 4.98 Å². The quantitative estimate of drug-likeness (QED) is 0.861. The zero-order chi connectivity index (χ0) is 14.5. The molecule has 0 bridgehead atoms. The molecule has 8 heteroatoms. The molecule has 0 saturated carbocycles. The van der Waals surface area contributed by atoms with Crippen molar-refractivity contribution < 1.29 is 9.26 Å². The fourth-order valence-corrected chi connectivity index (χ4v) is 2.25. The van der Waals surface area contributed by atoms with Gasteiger partial charge in [-0.3, -0.25) is 4.90 Å². The first-order valence-corrected chi connectivity index (χ1v) is 6.97. The van der Waals surface area contributed by atoms with Crippen molar-refractivity contribution in [1.29, 1.82) is 0 Å². The summed E-state index contributed by atoms with van der Waals surface area (Å²) in [6.07, 6.45) is 2.55. The highest BCUT2D eigenvalue weighted by Gasteiger charge is 2.15. The topological polar surface area (TPSA) is 89.2 Å². The molecule has 0 unspecified atom stereocenters. The van der Waals surface area contributed by atoms with Crippen molar-refractivity contribution in [2.45, 2.75) is 13.0 Å². The van der Waals surface area contributed by atoms with Crippen LogP contribution in [0.1, 0.15) is 12.3 Å². The number of hydrogen-bond acceptors (Lipinski definition) is 8. The molecule has 3 heterocycles. The molecule has 1 N–H and O–H groups in total. The van der Waals surface area contributed by atoms with Gasteiger partial charge in [-0.15, -0.1) is 0 Å². The summed E-state index contributed by atoms with van der Waals surface area (Å²) < 4.78 is 10.4. The lowest BCUT2D eigenvalue weighted by Crippen LogP contribution is -2.27. The molecule has 0 aliphatic carbocycles. The molecule has 1 aliphatic heterocycles. The summed E-state index contributed by atoms with van der Waals surface area (Å²) in [5.74, 6) is 1.54. The fourth-order valence-electron chi connectivity index (χ4n) is 2.25. The number of methoxy groups -OCH3 is 1. The monoisotopic (exact) mass is 290 g/mol. The minimum Gasteiger partial charge on any atom is -0.481 e. The van der Waals surface area contributed by atoms with Gasteiger partial charge in [0.1, 0.15) is 12.0 Å². The normalized spacial score (nSPS) is 16.6. The summed E-state index contributed by atoms with van der Waals surface area (Å²) in [6, 6.07) is 1.69. The smallest absolute Gasteiger partial charge is 0.241 e. The van der Waals surface area contributed by atoms with Crippen LogP contribution in [0.3, 0.4) is 0 Å². The van der Waals surface area contributed by atoms with Crippen molar-refractivity contribution >= 4 is 0 Å². The molecule has 2 aromatic heterocycles. The summed E-state index contributed by atoms with van der Waals surface area (Å²) in [7, 11) is 1.56. The Morgan fingerprint density at radius 2 is 2.29 bits per heavy atom. The van der Waals surface area contributed by atoms with E-state index >= 15 is 0 Å². The zero-order valence-electron chi connectivity index (χ0n) is 11.9. The number of rotatable bonds is 4. The van der Waals surface area contributed by atoms with E-state index in [0.717, 1.165) is 32.6 Å². The predicted molar refractivity (Wildman–Crippen MR) is 74.6 cm³/mol. The summed E-state index contributed by atoms with van der Waals surface area (Å²) in [5, 5.41) is 7.34. The third-order valence-corrected chi connectivity index (χ3v) is 3.34. The lowest BCUT2D eigenvalue weighted by Gasteiger charge is -2.16. The number of nitrogens with one attached hydrogen (secondary N) is 1. The van der Waals surface area contributed by atoms with Crippen molar-refractivity contribution in [3.05, 3.63) is 18.3 Å². The highest BCUT2D eigenvalue weighted by Crippen LogP contribution is 2.17. The van der Waals surface area contributed by atoms with Crippen LogP contribution in [0.5, 0.6) is 5.88 Å². The first kappa shape index (κ1) is 13.9. The van der Waals surface area contributed by atoms with E-state index in [9.17, 15) is 0 Å². The van der Waals surface area contributed by atoms with Gasteiger partial charge in [-0.1, -0.05) is 5.16 Å². The molecule has 0 spiro atoms. The van der Waals surface area contributed by atoms with Crippen LogP contribution in [0, 0.1) is 0 Å². The minimum absolute atomic E-state index is 0.457. The van der Waals surface area contributed by atoms with Crippen molar-refractivity contribution in [3.8, 4) is 17.4 Å². The van der Waals surface area contributed by atoms with Gasteiger partial charge in [-0.25, -0.2) is 9.97 Å². The molecule has 0 atom stereocenters. The Bertz CT molecular complexity index is 580. The lowest BCUT2D eigenvalue weighted by molar-refractivity contribution is 0.239. The van der Waals surface area contributed by atoms with E-state index in [0.29, 0.717) is 29.8 Å². The third-order valence-electron chi connectivity index (χ3n) is 3.34. The Hall–Kier alpha value is -2.06. The van der Waals surface area contributed by atoms with Gasteiger partial charge in [0.25, 0.3) is 0 Å². The Labute approximate surface area is 122 Å². The highest BCUT2D eigenvalue weighted by atomic mass is 16.5. The van der Waals surface area contributed by atoms with E-state index in [2.05, 4.69) is 30.3 Å². The summed E-state index contributed by atoms with van der Waals surface area (Å²) in [6.45, 7) is 4.73. The Kier molecular flexibility index (Phi) is 4.37. The van der Waals surface area contributed by atoms with Gasteiger partial charge in [0.15, 0.2) is 0 Å². The summed E-state index contributed by atoms with van der Waals surface area (Å²) in [4.78, 5) is 14.8. The molecule has 0 aromatic carbocycles. The molecule has 112 valence electrons. The standard InChI is InChI=1S/C13H18N6O2/c1-20-11-7-10(15-9-16-11)13-17-12(21-18-13)8-19-5-2-3-14-4-6-19/h7,9,14H,2-6,8H2,1H3. The Balaban J connectivity index is 1.70. The Morgan fingerprint density at radius 1 is 1.33 bits per heavy atom. The SMILES string of the molecule is COc1cc(-c2noc(CN3CCCNCC3)n2)ncn1. The van der Waals surface area contributed by atoms with Crippen molar-refractivity contribution in [2.75, 3.05) is 33.3 Å². The maximum absolute atomic E-state index is 5.31. The molecule has 3 rings (SSSR count). The second-order valence-corrected chi connectivity index (χ2v) is 4.84. The molecular weight excluding hydrogens is 272 g/mol. The maximum atomic E-state index is 5.31. The van der Waals surface area contributed by atoms with Gasteiger partial charge in [0, 0.05) is 19.2 Å². The summed E-state index contributed by atoms with van der Waals surface area (Å²) >= 11 is 0. The minimum atomic E-state index is 0.457.